The van der Waals surface area contributed by atoms with Gasteiger partial charge in [0.15, 0.2) is 0 Å². The predicted octanol–water partition coefficient (Wildman–Crippen LogP) is 5.49. The molecule has 1 aliphatic rings. The largest absolute Gasteiger partial charge is 0.425 e. The summed E-state index contributed by atoms with van der Waals surface area (Å²) in [5.41, 5.74) is -0.592. The van der Waals surface area contributed by atoms with Gasteiger partial charge in [-0.05, 0) is 40.2 Å². The van der Waals surface area contributed by atoms with Crippen molar-refractivity contribution in [3.8, 4) is 11.8 Å². The smallest absolute Gasteiger partial charge is 0.416 e. The Morgan fingerprint density at radius 1 is 1.11 bits per heavy atom. The number of ether oxygens (including phenoxy) is 1. The molecule has 0 aliphatic carbocycles. The van der Waals surface area contributed by atoms with Gasteiger partial charge in [-0.15, -0.1) is 0 Å². The second-order valence-electron chi connectivity index (χ2n) is 5.67. The first-order valence-electron chi connectivity index (χ1n) is 7.71. The van der Waals surface area contributed by atoms with Crippen LogP contribution in [0.2, 0.25) is 0 Å². The molecule has 0 saturated carbocycles. The lowest BCUT2D eigenvalue weighted by Crippen LogP contribution is -2.41. The Morgan fingerprint density at radius 2 is 1.71 bits per heavy atom. The lowest BCUT2D eigenvalue weighted by atomic mass is 9.98. The summed E-state index contributed by atoms with van der Waals surface area (Å²) < 4.78 is 42.0. The zero-order chi connectivity index (χ0) is 20.5. The third-order valence-electron chi connectivity index (χ3n) is 3.91. The molecule has 142 valence electrons. The third kappa shape index (κ3) is 3.62. The number of hydrogen-bond donors (Lipinski definition) is 0. The number of carbonyl (C=O) groups excluding carboxylic acids is 1. The number of esters is 1. The molecule has 28 heavy (non-hydrogen) atoms. The van der Waals surface area contributed by atoms with Crippen molar-refractivity contribution in [2.24, 2.45) is 4.99 Å². The number of halogens is 5. The standard InChI is InChI=1S/C19H9Br2F3N2O2/c20-16-18(21,17(27)28-13-4-2-1-3-5-13)14(10-25)15(26-16)11-6-8-12(9-7-11)19(22,23)24/h1-9H. The highest BCUT2D eigenvalue weighted by Gasteiger charge is 2.51. The first-order valence-corrected chi connectivity index (χ1v) is 9.30. The van der Waals surface area contributed by atoms with E-state index in [0.717, 1.165) is 12.1 Å². The number of benzene rings is 2. The van der Waals surface area contributed by atoms with Crippen LogP contribution in [-0.2, 0) is 11.0 Å². The second kappa shape index (κ2) is 7.53. The Morgan fingerprint density at radius 3 is 2.25 bits per heavy atom. The predicted molar refractivity (Wildman–Crippen MR) is 104 cm³/mol. The minimum atomic E-state index is -4.48. The molecule has 1 aliphatic heterocycles. The van der Waals surface area contributed by atoms with Gasteiger partial charge in [-0.1, -0.05) is 46.3 Å². The molecule has 0 fully saturated rings. The average Bonchev–Trinajstić information content (AvgIpc) is 2.93. The monoisotopic (exact) mass is 512 g/mol. The fourth-order valence-corrected chi connectivity index (χ4v) is 3.49. The lowest BCUT2D eigenvalue weighted by Gasteiger charge is -2.19. The van der Waals surface area contributed by atoms with E-state index in [1.54, 1.807) is 30.3 Å². The lowest BCUT2D eigenvalue weighted by molar-refractivity contribution is -0.137. The van der Waals surface area contributed by atoms with Crippen molar-refractivity contribution in [2.75, 3.05) is 0 Å². The molecule has 0 radical (unpaired) electrons. The molecule has 4 nitrogen and oxygen atoms in total. The van der Waals surface area contributed by atoms with E-state index >= 15 is 0 Å². The van der Waals surface area contributed by atoms with Gasteiger partial charge in [0.05, 0.1) is 22.9 Å². The molecule has 0 N–H and O–H groups in total. The summed E-state index contributed by atoms with van der Waals surface area (Å²) in [4.78, 5) is 16.9. The van der Waals surface area contributed by atoms with Crippen LogP contribution in [0.3, 0.4) is 0 Å². The topological polar surface area (TPSA) is 62.5 Å². The number of rotatable bonds is 3. The van der Waals surface area contributed by atoms with Crippen LogP contribution in [0.4, 0.5) is 13.2 Å². The number of carbonyl (C=O) groups is 1. The molecule has 1 unspecified atom stereocenters. The van der Waals surface area contributed by atoms with E-state index in [0.29, 0.717) is 0 Å². The van der Waals surface area contributed by atoms with Gasteiger partial charge in [0, 0.05) is 5.56 Å². The number of para-hydroxylation sites is 1. The molecule has 0 saturated heterocycles. The maximum absolute atomic E-state index is 12.8. The summed E-state index contributed by atoms with van der Waals surface area (Å²) in [6.45, 7) is 0. The van der Waals surface area contributed by atoms with Crippen LogP contribution in [0, 0.1) is 11.3 Å². The van der Waals surface area contributed by atoms with E-state index in [4.69, 9.17) is 4.74 Å². The van der Waals surface area contributed by atoms with Crippen molar-refractivity contribution in [3.05, 3.63) is 71.3 Å². The number of nitriles is 1. The molecule has 2 aromatic carbocycles. The fourth-order valence-electron chi connectivity index (χ4n) is 2.51. The molecule has 3 rings (SSSR count). The number of nitrogens with zero attached hydrogens (tertiary/aromatic N) is 2. The summed E-state index contributed by atoms with van der Waals surface area (Å²) in [5.74, 6) is -0.542. The Kier molecular flexibility index (Phi) is 5.46. The SMILES string of the molecule is N#CC1=C(c2ccc(C(F)(F)F)cc2)N=C(Br)C1(Br)C(=O)Oc1ccccc1. The van der Waals surface area contributed by atoms with Crippen LogP contribution in [0.15, 0.2) is 65.2 Å². The van der Waals surface area contributed by atoms with Gasteiger partial charge in [0.25, 0.3) is 0 Å². The fraction of sp³-hybridized carbons (Fsp3) is 0.105. The van der Waals surface area contributed by atoms with E-state index < -0.39 is 22.0 Å². The van der Waals surface area contributed by atoms with Gasteiger partial charge in [0.2, 0.25) is 4.32 Å². The molecule has 0 aromatic heterocycles. The van der Waals surface area contributed by atoms with Crippen LogP contribution >= 0.6 is 31.9 Å². The van der Waals surface area contributed by atoms with Crippen molar-refractivity contribution in [3.63, 3.8) is 0 Å². The van der Waals surface area contributed by atoms with Crippen molar-refractivity contribution >= 4 is 48.1 Å². The first kappa shape index (κ1) is 20.3. The molecule has 0 bridgehead atoms. The van der Waals surface area contributed by atoms with Crippen LogP contribution in [0.25, 0.3) is 5.70 Å². The van der Waals surface area contributed by atoms with Crippen molar-refractivity contribution in [1.29, 1.82) is 5.26 Å². The molecular weight excluding hydrogens is 505 g/mol. The number of alkyl halides is 4. The van der Waals surface area contributed by atoms with Crippen molar-refractivity contribution in [2.45, 2.75) is 10.5 Å². The van der Waals surface area contributed by atoms with Gasteiger partial charge in [-0.3, -0.25) is 0 Å². The van der Waals surface area contributed by atoms with Gasteiger partial charge >= 0.3 is 12.1 Å². The Balaban J connectivity index is 2.00. The molecular formula is C19H9Br2F3N2O2. The maximum atomic E-state index is 12.8. The summed E-state index contributed by atoms with van der Waals surface area (Å²) in [6.07, 6.45) is -4.48. The van der Waals surface area contributed by atoms with Crippen molar-refractivity contribution < 1.29 is 22.7 Å². The molecule has 1 atom stereocenters. The van der Waals surface area contributed by atoms with Crippen LogP contribution in [-0.4, -0.2) is 14.9 Å². The Labute approximate surface area is 174 Å². The third-order valence-corrected chi connectivity index (χ3v) is 6.31. The molecule has 0 amide bonds. The zero-order valence-corrected chi connectivity index (χ0v) is 17.0. The summed E-state index contributed by atoms with van der Waals surface area (Å²) in [7, 11) is 0. The van der Waals surface area contributed by atoms with E-state index in [1.165, 1.54) is 12.1 Å². The first-order chi connectivity index (χ1) is 13.2. The number of aliphatic imine (C=N–C) groups is 1. The summed E-state index contributed by atoms with van der Waals surface area (Å²) in [6, 6.07) is 14.3. The zero-order valence-electron chi connectivity index (χ0n) is 13.8. The highest BCUT2D eigenvalue weighted by Crippen LogP contribution is 2.44. The minimum Gasteiger partial charge on any atom is -0.425 e. The summed E-state index contributed by atoms with van der Waals surface area (Å²) >= 11 is 6.40. The Hall–Kier alpha value is -2.44. The second-order valence-corrected chi connectivity index (χ2v) is 7.61. The van der Waals surface area contributed by atoms with E-state index in [-0.39, 0.29) is 27.2 Å². The van der Waals surface area contributed by atoms with E-state index in [9.17, 15) is 23.2 Å². The molecule has 2 aromatic rings. The molecule has 1 heterocycles. The quantitative estimate of drug-likeness (QED) is 0.310. The highest BCUT2D eigenvalue weighted by molar-refractivity contribution is 9.20. The van der Waals surface area contributed by atoms with Crippen LogP contribution < -0.4 is 4.74 Å². The highest BCUT2D eigenvalue weighted by atomic mass is 79.9. The van der Waals surface area contributed by atoms with Crippen LogP contribution in [0.5, 0.6) is 5.75 Å². The van der Waals surface area contributed by atoms with Gasteiger partial charge < -0.3 is 4.74 Å². The van der Waals surface area contributed by atoms with E-state index in [2.05, 4.69) is 36.9 Å². The van der Waals surface area contributed by atoms with E-state index in [1.807, 2.05) is 6.07 Å². The van der Waals surface area contributed by atoms with Crippen molar-refractivity contribution in [1.82, 2.24) is 0 Å². The minimum absolute atomic E-state index is 0.0624. The normalized spacial score (nSPS) is 19.2. The van der Waals surface area contributed by atoms with Crippen LogP contribution in [0.1, 0.15) is 11.1 Å². The maximum Gasteiger partial charge on any atom is 0.416 e. The molecule has 0 spiro atoms. The summed E-state index contributed by atoms with van der Waals surface area (Å²) in [5, 5.41) is 9.63. The average molecular weight is 514 g/mol. The van der Waals surface area contributed by atoms with Gasteiger partial charge in [-0.2, -0.15) is 18.4 Å². The Bertz CT molecular complexity index is 1030. The molecule has 9 heteroatoms. The van der Waals surface area contributed by atoms with Gasteiger partial charge in [-0.25, -0.2) is 9.79 Å². The number of hydrogen-bond acceptors (Lipinski definition) is 4. The van der Waals surface area contributed by atoms with Gasteiger partial charge in [0.1, 0.15) is 10.4 Å².